The van der Waals surface area contributed by atoms with E-state index < -0.39 is 6.10 Å². The van der Waals surface area contributed by atoms with Crippen LogP contribution < -0.4 is 20.1 Å². The zero-order valence-corrected chi connectivity index (χ0v) is 13.4. The van der Waals surface area contributed by atoms with Crippen molar-refractivity contribution in [1.29, 1.82) is 0 Å². The summed E-state index contributed by atoms with van der Waals surface area (Å²) in [5.41, 5.74) is 1.10. The molecule has 1 aromatic carbocycles. The van der Waals surface area contributed by atoms with Gasteiger partial charge in [-0.3, -0.25) is 4.79 Å². The molecule has 0 aliphatic heterocycles. The second-order valence-electron chi connectivity index (χ2n) is 4.82. The molecule has 1 rings (SSSR count). The van der Waals surface area contributed by atoms with Gasteiger partial charge in [0.15, 0.2) is 17.6 Å². The van der Waals surface area contributed by atoms with E-state index in [1.807, 2.05) is 25.1 Å². The molecule has 0 fully saturated rings. The second-order valence-corrected chi connectivity index (χ2v) is 4.82. The van der Waals surface area contributed by atoms with Crippen LogP contribution in [0.25, 0.3) is 0 Å². The largest absolute Gasteiger partial charge is 0.493 e. The van der Waals surface area contributed by atoms with Crippen molar-refractivity contribution in [3.05, 3.63) is 23.8 Å². The van der Waals surface area contributed by atoms with E-state index in [-0.39, 0.29) is 5.91 Å². The van der Waals surface area contributed by atoms with Crippen LogP contribution in [-0.2, 0) is 11.3 Å². The molecule has 0 radical (unpaired) electrons. The predicted molar refractivity (Wildman–Crippen MR) is 83.8 cm³/mol. The molecule has 5 nitrogen and oxygen atoms in total. The molecule has 1 aromatic rings. The molecule has 118 valence electrons. The van der Waals surface area contributed by atoms with Crippen molar-refractivity contribution in [2.45, 2.75) is 39.8 Å². The lowest BCUT2D eigenvalue weighted by Gasteiger charge is -2.17. The summed E-state index contributed by atoms with van der Waals surface area (Å²) in [7, 11) is 1.59. The van der Waals surface area contributed by atoms with Crippen molar-refractivity contribution < 1.29 is 14.3 Å². The Kier molecular flexibility index (Phi) is 7.61. The molecular weight excluding hydrogens is 268 g/mol. The Morgan fingerprint density at radius 1 is 1.29 bits per heavy atom. The van der Waals surface area contributed by atoms with E-state index >= 15 is 0 Å². The van der Waals surface area contributed by atoms with Crippen molar-refractivity contribution in [3.8, 4) is 11.5 Å². The van der Waals surface area contributed by atoms with E-state index in [4.69, 9.17) is 9.47 Å². The third kappa shape index (κ3) is 5.63. The summed E-state index contributed by atoms with van der Waals surface area (Å²) in [6.45, 7) is 8.06. The summed E-state index contributed by atoms with van der Waals surface area (Å²) in [4.78, 5) is 11.8. The number of amides is 1. The topological polar surface area (TPSA) is 59.6 Å². The van der Waals surface area contributed by atoms with Gasteiger partial charge in [-0.1, -0.05) is 13.0 Å². The van der Waals surface area contributed by atoms with Crippen molar-refractivity contribution in [2.75, 3.05) is 20.2 Å². The van der Waals surface area contributed by atoms with Crippen LogP contribution in [0.3, 0.4) is 0 Å². The highest BCUT2D eigenvalue weighted by molar-refractivity contribution is 5.80. The highest BCUT2D eigenvalue weighted by Gasteiger charge is 2.16. The maximum absolute atomic E-state index is 11.8. The molecule has 0 bridgehead atoms. The van der Waals surface area contributed by atoms with Gasteiger partial charge in [-0.25, -0.2) is 0 Å². The Morgan fingerprint density at radius 2 is 2.05 bits per heavy atom. The standard InChI is InChI=1S/C16H26N2O3/c1-5-9-17-11-13-7-8-14(20-4)15(10-13)21-12(3)16(19)18-6-2/h7-8,10,12,17H,5-6,9,11H2,1-4H3,(H,18,19). The zero-order valence-electron chi connectivity index (χ0n) is 13.4. The number of hydrogen-bond acceptors (Lipinski definition) is 4. The minimum absolute atomic E-state index is 0.130. The Labute approximate surface area is 127 Å². The monoisotopic (exact) mass is 294 g/mol. The molecular formula is C16H26N2O3. The van der Waals surface area contributed by atoms with Gasteiger partial charge in [-0.15, -0.1) is 0 Å². The summed E-state index contributed by atoms with van der Waals surface area (Å²) < 4.78 is 11.0. The molecule has 0 saturated heterocycles. The second kappa shape index (κ2) is 9.23. The molecule has 21 heavy (non-hydrogen) atoms. The van der Waals surface area contributed by atoms with E-state index in [2.05, 4.69) is 17.6 Å². The first-order valence-electron chi connectivity index (χ1n) is 7.44. The molecule has 0 spiro atoms. The smallest absolute Gasteiger partial charge is 0.260 e. The molecule has 0 aliphatic carbocycles. The lowest BCUT2D eigenvalue weighted by Crippen LogP contribution is -2.36. The van der Waals surface area contributed by atoms with Crippen LogP contribution in [-0.4, -0.2) is 32.2 Å². The van der Waals surface area contributed by atoms with Crippen LogP contribution in [0.2, 0.25) is 0 Å². The number of benzene rings is 1. The first-order valence-corrected chi connectivity index (χ1v) is 7.44. The van der Waals surface area contributed by atoms with Gasteiger partial charge in [0.2, 0.25) is 0 Å². The number of rotatable bonds is 9. The highest BCUT2D eigenvalue weighted by Crippen LogP contribution is 2.29. The van der Waals surface area contributed by atoms with Crippen LogP contribution in [0.1, 0.15) is 32.8 Å². The number of carbonyl (C=O) groups is 1. The first-order chi connectivity index (χ1) is 10.1. The molecule has 0 aliphatic rings. The average molecular weight is 294 g/mol. The Morgan fingerprint density at radius 3 is 2.67 bits per heavy atom. The summed E-state index contributed by atoms with van der Waals surface area (Å²) in [6, 6.07) is 5.77. The van der Waals surface area contributed by atoms with Crippen molar-refractivity contribution in [3.63, 3.8) is 0 Å². The number of likely N-dealkylation sites (N-methyl/N-ethyl adjacent to an activating group) is 1. The van der Waals surface area contributed by atoms with Gasteiger partial charge in [0, 0.05) is 13.1 Å². The first kappa shape index (κ1) is 17.3. The van der Waals surface area contributed by atoms with Crippen LogP contribution >= 0.6 is 0 Å². The highest BCUT2D eigenvalue weighted by atomic mass is 16.5. The number of nitrogens with one attached hydrogen (secondary N) is 2. The van der Waals surface area contributed by atoms with Gasteiger partial charge in [0.1, 0.15) is 0 Å². The Hall–Kier alpha value is -1.75. The van der Waals surface area contributed by atoms with E-state index in [0.29, 0.717) is 18.0 Å². The minimum atomic E-state index is -0.558. The predicted octanol–water partition coefficient (Wildman–Crippen LogP) is 2.10. The van der Waals surface area contributed by atoms with Crippen LogP contribution in [0.5, 0.6) is 11.5 Å². The molecule has 2 N–H and O–H groups in total. The van der Waals surface area contributed by atoms with Crippen LogP contribution in [0.4, 0.5) is 0 Å². The Balaban J connectivity index is 2.77. The summed E-state index contributed by atoms with van der Waals surface area (Å²) in [5.74, 6) is 1.09. The fourth-order valence-corrected chi connectivity index (χ4v) is 1.89. The Bertz CT molecular complexity index is 449. The van der Waals surface area contributed by atoms with Gasteiger partial charge in [-0.2, -0.15) is 0 Å². The molecule has 5 heteroatoms. The van der Waals surface area contributed by atoms with Crippen molar-refractivity contribution >= 4 is 5.91 Å². The molecule has 0 saturated carbocycles. The van der Waals surface area contributed by atoms with Crippen molar-refractivity contribution in [1.82, 2.24) is 10.6 Å². The molecule has 0 aromatic heterocycles. The number of ether oxygens (including phenoxy) is 2. The summed E-state index contributed by atoms with van der Waals surface area (Å²) in [5, 5.41) is 6.08. The van der Waals surface area contributed by atoms with Gasteiger partial charge >= 0.3 is 0 Å². The van der Waals surface area contributed by atoms with Gasteiger partial charge in [0.05, 0.1) is 7.11 Å². The summed E-state index contributed by atoms with van der Waals surface area (Å²) in [6.07, 6.45) is 0.533. The number of methoxy groups -OCH3 is 1. The maximum atomic E-state index is 11.8. The summed E-state index contributed by atoms with van der Waals surface area (Å²) >= 11 is 0. The van der Waals surface area contributed by atoms with Crippen molar-refractivity contribution in [2.24, 2.45) is 0 Å². The van der Waals surface area contributed by atoms with Gasteiger partial charge in [0.25, 0.3) is 5.91 Å². The van der Waals surface area contributed by atoms with E-state index in [1.165, 1.54) is 0 Å². The normalized spacial score (nSPS) is 11.8. The zero-order chi connectivity index (χ0) is 15.7. The van der Waals surface area contributed by atoms with E-state index in [1.54, 1.807) is 14.0 Å². The van der Waals surface area contributed by atoms with Crippen LogP contribution in [0.15, 0.2) is 18.2 Å². The lowest BCUT2D eigenvalue weighted by atomic mass is 10.2. The van der Waals surface area contributed by atoms with E-state index in [0.717, 1.165) is 25.1 Å². The van der Waals surface area contributed by atoms with Crippen LogP contribution in [0, 0.1) is 0 Å². The molecule has 1 atom stereocenters. The molecule has 1 amide bonds. The number of carbonyl (C=O) groups excluding carboxylic acids is 1. The van der Waals surface area contributed by atoms with E-state index in [9.17, 15) is 4.79 Å². The quantitative estimate of drug-likeness (QED) is 0.685. The fraction of sp³-hybridized carbons (Fsp3) is 0.562. The molecule has 1 unspecified atom stereocenters. The SMILES string of the molecule is CCCNCc1ccc(OC)c(OC(C)C(=O)NCC)c1. The maximum Gasteiger partial charge on any atom is 0.260 e. The lowest BCUT2D eigenvalue weighted by molar-refractivity contribution is -0.127. The van der Waals surface area contributed by atoms with Gasteiger partial charge in [-0.05, 0) is 44.5 Å². The van der Waals surface area contributed by atoms with Gasteiger partial charge < -0.3 is 20.1 Å². The minimum Gasteiger partial charge on any atom is -0.493 e. The molecule has 0 heterocycles. The fourth-order valence-electron chi connectivity index (χ4n) is 1.89. The number of hydrogen-bond donors (Lipinski definition) is 2. The third-order valence-corrected chi connectivity index (χ3v) is 3.01. The third-order valence-electron chi connectivity index (χ3n) is 3.01. The average Bonchev–Trinajstić information content (AvgIpc) is 2.48.